The number of carboxylic acid groups (broad SMARTS) is 1. The van der Waals surface area contributed by atoms with Gasteiger partial charge in [-0.05, 0) is 95.3 Å². The van der Waals surface area contributed by atoms with Crippen LogP contribution in [0.5, 0.6) is 0 Å². The fourth-order valence-electron chi connectivity index (χ4n) is 13.4. The fraction of sp³-hybridized carbons (Fsp3) is 0.894. The lowest BCUT2D eigenvalue weighted by Crippen LogP contribution is -2.68. The summed E-state index contributed by atoms with van der Waals surface area (Å²) in [5.74, 6) is -3.53. The summed E-state index contributed by atoms with van der Waals surface area (Å²) in [5, 5.41) is 22.8. The molecular weight excluding hydrogens is 837 g/mol. The van der Waals surface area contributed by atoms with Gasteiger partial charge in [0.25, 0.3) is 0 Å². The summed E-state index contributed by atoms with van der Waals surface area (Å²) in [6, 6.07) is 0. The normalized spacial score (nSPS) is 47.8. The molecule has 0 radical (unpaired) electrons. The van der Waals surface area contributed by atoms with Crippen LogP contribution in [-0.4, -0.2) is 126 Å². The first kappa shape index (κ1) is 49.0. The second-order valence-electron chi connectivity index (χ2n) is 20.5. The summed E-state index contributed by atoms with van der Waals surface area (Å²) in [5.41, 5.74) is -2.56. The van der Waals surface area contributed by atoms with Crippen LogP contribution in [-0.2, 0) is 71.3 Å². The predicted molar refractivity (Wildman–Crippen MR) is 223 cm³/mol. The third-order valence-electron chi connectivity index (χ3n) is 16.7. The summed E-state index contributed by atoms with van der Waals surface area (Å²) >= 11 is 0. The zero-order valence-electron chi connectivity index (χ0n) is 39.2. The van der Waals surface area contributed by atoms with E-state index in [0.29, 0.717) is 25.7 Å². The van der Waals surface area contributed by atoms with Crippen molar-refractivity contribution in [2.75, 3.05) is 0 Å². The van der Waals surface area contributed by atoms with Gasteiger partial charge < -0.3 is 57.6 Å². The van der Waals surface area contributed by atoms with E-state index in [1.54, 1.807) is 6.92 Å². The lowest BCUT2D eigenvalue weighted by molar-refractivity contribution is -0.335. The van der Waals surface area contributed by atoms with Crippen molar-refractivity contribution in [1.82, 2.24) is 0 Å². The largest absolute Gasteiger partial charge is 0.481 e. The molecule has 0 amide bonds. The van der Waals surface area contributed by atoms with Gasteiger partial charge in [-0.25, -0.2) is 0 Å². The van der Waals surface area contributed by atoms with Gasteiger partial charge in [0.05, 0.1) is 35.9 Å². The molecule has 7 aliphatic rings. The van der Waals surface area contributed by atoms with Crippen molar-refractivity contribution in [3.05, 3.63) is 0 Å². The standard InChI is InChI=1S/C47H72O17/c1-22-23(2)55-40(19-35(22)58-26(5)48)63-43-25(4)57-41(21-37(43)60-28(7)50)64-42-24(3)56-39(20-36(42)59-27(6)49)62-31-13-15-45(9)30(17-31)11-12-32-34(45)18-38(61-29(8)51)46(10)33(44(52)53)14-16-47(32,46)54/h22-25,30-43,54H,11-21H2,1-10H3,(H,52,53)/t22?,23?,24?,25?,30-,31+,32-,33-,34+,35-,36-,37-,38-,39+,40+,41-,42?,43?,45+,46+,47+/m1/s1. The van der Waals surface area contributed by atoms with Crippen molar-refractivity contribution < 1.29 is 81.6 Å². The number of carbonyl (C=O) groups is 5. The number of fused-ring (bicyclic) bond motifs is 5. The second kappa shape index (κ2) is 19.0. The molecule has 3 heterocycles. The van der Waals surface area contributed by atoms with Crippen LogP contribution < -0.4 is 0 Å². The lowest BCUT2D eigenvalue weighted by Gasteiger charge is -2.65. The van der Waals surface area contributed by atoms with Gasteiger partial charge in [0.2, 0.25) is 0 Å². The van der Waals surface area contributed by atoms with E-state index in [4.69, 9.17) is 47.4 Å². The van der Waals surface area contributed by atoms with Crippen LogP contribution in [0.2, 0.25) is 0 Å². The number of hydrogen-bond donors (Lipinski definition) is 2. The first-order chi connectivity index (χ1) is 30.0. The molecule has 0 aromatic carbocycles. The van der Waals surface area contributed by atoms with Crippen LogP contribution in [0.4, 0.5) is 0 Å². The van der Waals surface area contributed by atoms with Crippen molar-refractivity contribution in [1.29, 1.82) is 0 Å². The molecule has 17 nitrogen and oxygen atoms in total. The minimum absolute atomic E-state index is 0.0270. The van der Waals surface area contributed by atoms with Crippen LogP contribution in [0.1, 0.15) is 140 Å². The Hall–Kier alpha value is -2.93. The van der Waals surface area contributed by atoms with Gasteiger partial charge in [0, 0.05) is 58.3 Å². The maximum Gasteiger partial charge on any atom is 0.307 e. The predicted octanol–water partition coefficient (Wildman–Crippen LogP) is 5.38. The summed E-state index contributed by atoms with van der Waals surface area (Å²) in [4.78, 5) is 61.6. The maximum atomic E-state index is 12.6. The molecule has 362 valence electrons. The van der Waals surface area contributed by atoms with Gasteiger partial charge in [0.1, 0.15) is 36.6 Å². The minimum atomic E-state index is -1.27. The van der Waals surface area contributed by atoms with Crippen molar-refractivity contribution in [2.45, 2.75) is 225 Å². The summed E-state index contributed by atoms with van der Waals surface area (Å²) < 4.78 is 61.7. The molecule has 4 aliphatic carbocycles. The van der Waals surface area contributed by atoms with E-state index >= 15 is 0 Å². The molecule has 21 atom stereocenters. The Labute approximate surface area is 376 Å². The van der Waals surface area contributed by atoms with Crippen LogP contribution in [0, 0.1) is 40.4 Å². The molecule has 7 fully saturated rings. The average Bonchev–Trinajstić information content (AvgIpc) is 3.48. The van der Waals surface area contributed by atoms with Gasteiger partial charge in [0.15, 0.2) is 18.9 Å². The molecule has 64 heavy (non-hydrogen) atoms. The molecular formula is C47H72O17. The molecule has 4 saturated carbocycles. The van der Waals surface area contributed by atoms with Crippen molar-refractivity contribution >= 4 is 29.8 Å². The number of carboxylic acids is 1. The van der Waals surface area contributed by atoms with Gasteiger partial charge in [-0.1, -0.05) is 20.8 Å². The van der Waals surface area contributed by atoms with E-state index in [-0.39, 0.29) is 54.1 Å². The number of esters is 4. The molecule has 7 rings (SSSR count). The molecule has 3 aliphatic heterocycles. The fourth-order valence-corrected chi connectivity index (χ4v) is 13.4. The Morgan fingerprint density at radius 3 is 1.59 bits per heavy atom. The first-order valence-corrected chi connectivity index (χ1v) is 23.6. The van der Waals surface area contributed by atoms with Gasteiger partial charge in [-0.15, -0.1) is 0 Å². The SMILES string of the molecule is CC(=O)O[C@@H]1C[C@H](OC2C(C)O[C@H](OC3C(C)O[C@@H](O[C@H]4CC[C@@]5(C)[C@H](CC[C@@H]6[C@@H]5C[C@@H](OC(C)=O)[C@]5(C)[C@@H](C(=O)O)CC[C@]65O)C4)C[C@H]3OC(C)=O)C[C@H]2OC(C)=O)OC(C)C1C. The van der Waals surface area contributed by atoms with E-state index in [0.717, 1.165) is 32.1 Å². The number of ether oxygens (including phenoxy) is 10. The quantitative estimate of drug-likeness (QED) is 0.151. The third-order valence-corrected chi connectivity index (χ3v) is 16.7. The zero-order valence-corrected chi connectivity index (χ0v) is 39.2. The van der Waals surface area contributed by atoms with Gasteiger partial charge in [-0.3, -0.25) is 24.0 Å². The van der Waals surface area contributed by atoms with Gasteiger partial charge in [-0.2, -0.15) is 0 Å². The lowest BCUT2D eigenvalue weighted by atomic mass is 9.42. The monoisotopic (exact) mass is 908 g/mol. The molecule has 0 spiro atoms. The Kier molecular flexibility index (Phi) is 14.5. The van der Waals surface area contributed by atoms with E-state index in [2.05, 4.69) is 6.92 Å². The van der Waals surface area contributed by atoms with Crippen molar-refractivity contribution in [3.8, 4) is 0 Å². The van der Waals surface area contributed by atoms with Crippen molar-refractivity contribution in [2.24, 2.45) is 40.4 Å². The van der Waals surface area contributed by atoms with Crippen LogP contribution in [0.15, 0.2) is 0 Å². The number of rotatable bonds is 11. The molecule has 0 aromatic heterocycles. The Bertz CT molecular complexity index is 1740. The molecule has 2 N–H and O–H groups in total. The van der Waals surface area contributed by atoms with E-state index in [1.165, 1.54) is 27.7 Å². The number of aliphatic hydroxyl groups is 1. The molecule has 0 bridgehead atoms. The Morgan fingerprint density at radius 1 is 0.562 bits per heavy atom. The van der Waals surface area contributed by atoms with Crippen molar-refractivity contribution in [3.63, 3.8) is 0 Å². The highest BCUT2D eigenvalue weighted by molar-refractivity contribution is 5.73. The molecule has 0 aromatic rings. The van der Waals surface area contributed by atoms with E-state index in [9.17, 15) is 34.2 Å². The van der Waals surface area contributed by atoms with Crippen LogP contribution in [0.25, 0.3) is 0 Å². The van der Waals surface area contributed by atoms with E-state index < -0.39 is 114 Å². The third kappa shape index (κ3) is 9.46. The zero-order chi connectivity index (χ0) is 46.6. The first-order valence-electron chi connectivity index (χ1n) is 23.6. The Balaban J connectivity index is 0.989. The second-order valence-corrected chi connectivity index (χ2v) is 20.5. The topological polar surface area (TPSA) is 218 Å². The van der Waals surface area contributed by atoms with Crippen LogP contribution in [0.3, 0.4) is 0 Å². The summed E-state index contributed by atoms with van der Waals surface area (Å²) in [7, 11) is 0. The summed E-state index contributed by atoms with van der Waals surface area (Å²) in [6.07, 6.45) is -2.43. The summed E-state index contributed by atoms with van der Waals surface area (Å²) in [6.45, 7) is 16.9. The minimum Gasteiger partial charge on any atom is -0.481 e. The smallest absolute Gasteiger partial charge is 0.307 e. The molecule has 6 unspecified atom stereocenters. The molecule has 17 heteroatoms. The van der Waals surface area contributed by atoms with E-state index in [1.807, 2.05) is 27.7 Å². The highest BCUT2D eigenvalue weighted by Crippen LogP contribution is 2.69. The number of aliphatic carboxylic acids is 1. The van der Waals surface area contributed by atoms with Crippen LogP contribution >= 0.6 is 0 Å². The molecule has 3 saturated heterocycles. The number of hydrogen-bond acceptors (Lipinski definition) is 16. The van der Waals surface area contributed by atoms with Gasteiger partial charge >= 0.3 is 29.8 Å². The number of carbonyl (C=O) groups excluding carboxylic acids is 4. The highest BCUT2D eigenvalue weighted by Gasteiger charge is 2.73. The Morgan fingerprint density at radius 2 is 1.06 bits per heavy atom. The average molecular weight is 909 g/mol. The highest BCUT2D eigenvalue weighted by atomic mass is 16.7. The maximum absolute atomic E-state index is 12.6.